The first-order valence-electron chi connectivity index (χ1n) is 11.6. The van der Waals surface area contributed by atoms with E-state index in [1.165, 1.54) is 12.7 Å². The summed E-state index contributed by atoms with van der Waals surface area (Å²) in [7, 11) is 0. The molecule has 4 rings (SSSR count). The molecule has 7 nitrogen and oxygen atoms in total. The van der Waals surface area contributed by atoms with Crippen molar-refractivity contribution < 1.29 is 18.8 Å². The van der Waals surface area contributed by atoms with Gasteiger partial charge in [-0.3, -0.25) is 14.4 Å². The number of amides is 3. The molecule has 3 amide bonds. The molecular formula is C25H31N3O4. The maximum Gasteiger partial charge on any atom is 0.287 e. The van der Waals surface area contributed by atoms with Crippen LogP contribution in [0.15, 0.2) is 53.1 Å². The summed E-state index contributed by atoms with van der Waals surface area (Å²) < 4.78 is 5.19. The Bertz CT molecular complexity index is 899. The third kappa shape index (κ3) is 5.39. The number of nitrogens with zero attached hydrogens (tertiary/aromatic N) is 2. The average Bonchev–Trinajstić information content (AvgIpc) is 3.39. The van der Waals surface area contributed by atoms with Crippen LogP contribution in [-0.4, -0.2) is 59.7 Å². The van der Waals surface area contributed by atoms with E-state index >= 15 is 0 Å². The topological polar surface area (TPSA) is 82.9 Å². The molecule has 2 aromatic rings. The van der Waals surface area contributed by atoms with E-state index in [2.05, 4.69) is 5.32 Å². The van der Waals surface area contributed by atoms with E-state index in [1.54, 1.807) is 17.0 Å². The molecule has 170 valence electrons. The lowest BCUT2D eigenvalue weighted by atomic mass is 9.93. The molecule has 1 unspecified atom stereocenters. The van der Waals surface area contributed by atoms with Gasteiger partial charge in [-0.1, -0.05) is 30.3 Å². The van der Waals surface area contributed by atoms with Crippen molar-refractivity contribution in [2.24, 2.45) is 5.92 Å². The Kier molecular flexibility index (Phi) is 7.24. The van der Waals surface area contributed by atoms with Gasteiger partial charge in [0.25, 0.3) is 5.91 Å². The Morgan fingerprint density at radius 1 is 0.906 bits per heavy atom. The van der Waals surface area contributed by atoms with E-state index < -0.39 is 11.9 Å². The van der Waals surface area contributed by atoms with Crippen LogP contribution >= 0.6 is 0 Å². The van der Waals surface area contributed by atoms with Gasteiger partial charge in [0.2, 0.25) is 11.8 Å². The van der Waals surface area contributed by atoms with Crippen LogP contribution in [0.3, 0.4) is 0 Å². The van der Waals surface area contributed by atoms with Gasteiger partial charge in [-0.05, 0) is 49.8 Å². The molecule has 3 heterocycles. The number of furan rings is 1. The normalized spacial score (nSPS) is 18.2. The highest BCUT2D eigenvalue weighted by Crippen LogP contribution is 2.23. The van der Waals surface area contributed by atoms with Crippen molar-refractivity contribution >= 4 is 17.7 Å². The third-order valence-corrected chi connectivity index (χ3v) is 6.45. The predicted octanol–water partition coefficient (Wildman–Crippen LogP) is 2.87. The summed E-state index contributed by atoms with van der Waals surface area (Å²) >= 11 is 0. The lowest BCUT2D eigenvalue weighted by Gasteiger charge is -2.36. The number of hydrogen-bond acceptors (Lipinski definition) is 4. The molecule has 0 saturated carbocycles. The first-order valence-corrected chi connectivity index (χ1v) is 11.6. The molecule has 2 saturated heterocycles. The van der Waals surface area contributed by atoms with E-state index in [0.29, 0.717) is 32.4 Å². The minimum absolute atomic E-state index is 0.0116. The molecular weight excluding hydrogens is 406 g/mol. The molecule has 0 aliphatic carbocycles. The molecule has 7 heteroatoms. The Morgan fingerprint density at radius 3 is 2.28 bits per heavy atom. The standard InChI is InChI=1S/C25H31N3O4/c29-23(22-10-7-17-32-22)26-21(18-19-8-3-1-4-9-19)25(31)28-15-11-20(12-16-28)24(30)27-13-5-2-6-14-27/h1,3-4,7-10,17,20-21H,2,5-6,11-16,18H2,(H,26,29). The van der Waals surface area contributed by atoms with Crippen molar-refractivity contribution in [1.82, 2.24) is 15.1 Å². The van der Waals surface area contributed by atoms with Gasteiger partial charge in [-0.2, -0.15) is 0 Å². The summed E-state index contributed by atoms with van der Waals surface area (Å²) in [6.45, 7) is 2.78. The lowest BCUT2D eigenvalue weighted by Crippen LogP contribution is -2.53. The van der Waals surface area contributed by atoms with E-state index in [-0.39, 0.29) is 23.5 Å². The zero-order valence-electron chi connectivity index (χ0n) is 18.4. The third-order valence-electron chi connectivity index (χ3n) is 6.45. The lowest BCUT2D eigenvalue weighted by molar-refractivity contribution is -0.142. The van der Waals surface area contributed by atoms with E-state index in [1.807, 2.05) is 35.2 Å². The van der Waals surface area contributed by atoms with Crippen molar-refractivity contribution in [3.63, 3.8) is 0 Å². The second-order valence-corrected chi connectivity index (χ2v) is 8.68. The molecule has 1 atom stereocenters. The van der Waals surface area contributed by atoms with Gasteiger partial charge >= 0.3 is 0 Å². The second kappa shape index (κ2) is 10.5. The fourth-order valence-electron chi connectivity index (χ4n) is 4.63. The summed E-state index contributed by atoms with van der Waals surface area (Å²) in [4.78, 5) is 42.6. The summed E-state index contributed by atoms with van der Waals surface area (Å²) in [5.41, 5.74) is 0.973. The van der Waals surface area contributed by atoms with Crippen LogP contribution in [0.2, 0.25) is 0 Å². The number of likely N-dealkylation sites (tertiary alicyclic amines) is 2. The van der Waals surface area contributed by atoms with Crippen LogP contribution < -0.4 is 5.32 Å². The van der Waals surface area contributed by atoms with Gasteiger partial charge in [0.05, 0.1) is 6.26 Å². The second-order valence-electron chi connectivity index (χ2n) is 8.68. The molecule has 1 aromatic heterocycles. The van der Waals surface area contributed by atoms with E-state index in [9.17, 15) is 14.4 Å². The van der Waals surface area contributed by atoms with Crippen molar-refractivity contribution in [2.75, 3.05) is 26.2 Å². The summed E-state index contributed by atoms with van der Waals surface area (Å²) in [6.07, 6.45) is 6.55. The van der Waals surface area contributed by atoms with Gasteiger partial charge in [0.1, 0.15) is 6.04 Å². The highest BCUT2D eigenvalue weighted by Gasteiger charge is 2.33. The quantitative estimate of drug-likeness (QED) is 0.753. The minimum atomic E-state index is -0.690. The van der Waals surface area contributed by atoms with Crippen molar-refractivity contribution in [2.45, 2.75) is 44.6 Å². The number of nitrogens with one attached hydrogen (secondary N) is 1. The summed E-state index contributed by atoms with van der Waals surface area (Å²) in [5.74, 6) is -0.107. The maximum atomic E-state index is 13.4. The van der Waals surface area contributed by atoms with Crippen molar-refractivity contribution in [3.05, 3.63) is 60.1 Å². The maximum absolute atomic E-state index is 13.4. The van der Waals surface area contributed by atoms with Crippen molar-refractivity contribution in [3.8, 4) is 0 Å². The Labute approximate surface area is 188 Å². The monoisotopic (exact) mass is 437 g/mol. The zero-order valence-corrected chi connectivity index (χ0v) is 18.4. The van der Waals surface area contributed by atoms with Crippen LogP contribution in [0.25, 0.3) is 0 Å². The summed E-state index contributed by atoms with van der Waals surface area (Å²) in [6, 6.07) is 12.2. The minimum Gasteiger partial charge on any atom is -0.459 e. The highest BCUT2D eigenvalue weighted by molar-refractivity contribution is 5.95. The first kappa shape index (κ1) is 22.1. The molecule has 0 radical (unpaired) electrons. The van der Waals surface area contributed by atoms with Crippen LogP contribution in [0.5, 0.6) is 0 Å². The molecule has 2 aliphatic heterocycles. The number of piperidine rings is 2. The molecule has 1 aromatic carbocycles. The zero-order chi connectivity index (χ0) is 22.3. The van der Waals surface area contributed by atoms with Gasteiger partial charge in [-0.15, -0.1) is 0 Å². The smallest absolute Gasteiger partial charge is 0.287 e. The van der Waals surface area contributed by atoms with Gasteiger partial charge in [-0.25, -0.2) is 0 Å². The predicted molar refractivity (Wildman–Crippen MR) is 120 cm³/mol. The van der Waals surface area contributed by atoms with Crippen LogP contribution in [-0.2, 0) is 16.0 Å². The van der Waals surface area contributed by atoms with Crippen LogP contribution in [0, 0.1) is 5.92 Å². The van der Waals surface area contributed by atoms with Gasteiger partial charge in [0.15, 0.2) is 5.76 Å². The molecule has 0 bridgehead atoms. The van der Waals surface area contributed by atoms with Crippen LogP contribution in [0.4, 0.5) is 0 Å². The summed E-state index contributed by atoms with van der Waals surface area (Å²) in [5, 5.41) is 2.85. The molecule has 32 heavy (non-hydrogen) atoms. The number of rotatable bonds is 6. The number of carbonyl (C=O) groups excluding carboxylic acids is 3. The van der Waals surface area contributed by atoms with Gasteiger partial charge < -0.3 is 19.5 Å². The molecule has 0 spiro atoms. The Balaban J connectivity index is 1.39. The first-order chi connectivity index (χ1) is 15.6. The number of benzene rings is 1. The number of hydrogen-bond donors (Lipinski definition) is 1. The van der Waals surface area contributed by atoms with Crippen LogP contribution in [0.1, 0.15) is 48.2 Å². The fourth-order valence-corrected chi connectivity index (χ4v) is 4.63. The number of carbonyl (C=O) groups is 3. The van der Waals surface area contributed by atoms with Crippen molar-refractivity contribution in [1.29, 1.82) is 0 Å². The Morgan fingerprint density at radius 2 is 1.62 bits per heavy atom. The van der Waals surface area contributed by atoms with E-state index in [4.69, 9.17) is 4.42 Å². The molecule has 1 N–H and O–H groups in total. The molecule has 2 aliphatic rings. The van der Waals surface area contributed by atoms with Gasteiger partial charge in [0, 0.05) is 38.5 Å². The average molecular weight is 438 g/mol. The van der Waals surface area contributed by atoms with E-state index in [0.717, 1.165) is 31.5 Å². The Hall–Kier alpha value is -3.09. The highest BCUT2D eigenvalue weighted by atomic mass is 16.3. The largest absolute Gasteiger partial charge is 0.459 e. The fraction of sp³-hybridized carbons (Fsp3) is 0.480. The SMILES string of the molecule is O=C(NC(Cc1ccccc1)C(=O)N1CCC(C(=O)N2CCCCC2)CC1)c1ccco1. The molecule has 2 fully saturated rings.